The van der Waals surface area contributed by atoms with Crippen molar-refractivity contribution in [3.8, 4) is 0 Å². The molecule has 0 atom stereocenters. The van der Waals surface area contributed by atoms with E-state index >= 15 is 0 Å². The van der Waals surface area contributed by atoms with E-state index in [1.807, 2.05) is 0 Å². The Hall–Kier alpha value is -0.820. The summed E-state index contributed by atoms with van der Waals surface area (Å²) in [5, 5.41) is 0. The lowest BCUT2D eigenvalue weighted by molar-refractivity contribution is 0.417. The first kappa shape index (κ1) is 4.91. The molecule has 0 radical (unpaired) electrons. The van der Waals surface area contributed by atoms with Crippen LogP contribution in [0.2, 0.25) is 0 Å². The highest BCUT2D eigenvalue weighted by molar-refractivity contribution is 5.52. The molecule has 1 heterocycles. The molecule has 4 rings (SSSR count). The summed E-state index contributed by atoms with van der Waals surface area (Å²) in [6, 6.07) is 0. The van der Waals surface area contributed by atoms with Gasteiger partial charge < -0.3 is 4.74 Å². The maximum atomic E-state index is 4.90. The van der Waals surface area contributed by atoms with E-state index in [2.05, 4.69) is 36.5 Å². The van der Waals surface area contributed by atoms with Crippen LogP contribution in [0.25, 0.3) is 0 Å². The van der Waals surface area contributed by atoms with E-state index in [-0.39, 0.29) is 5.60 Å². The second kappa shape index (κ2) is 1.15. The van der Waals surface area contributed by atoms with Gasteiger partial charge in [-0.1, -0.05) is 24.3 Å². The number of allylic oxidation sites excluding steroid dienone is 4. The predicted octanol–water partition coefficient (Wildman–Crippen LogP) is 1.44. The SMILES string of the molecule is C1=CC12C=C2.C1=CC12CO2. The van der Waals surface area contributed by atoms with Crippen molar-refractivity contribution >= 4 is 0 Å². The van der Waals surface area contributed by atoms with Crippen molar-refractivity contribution in [2.45, 2.75) is 5.60 Å². The van der Waals surface area contributed by atoms with Crippen molar-refractivity contribution in [2.75, 3.05) is 6.61 Å². The molecule has 3 aliphatic carbocycles. The van der Waals surface area contributed by atoms with E-state index in [9.17, 15) is 0 Å². The Morgan fingerprint density at radius 2 is 1.40 bits per heavy atom. The summed E-state index contributed by atoms with van der Waals surface area (Å²) in [6.45, 7) is 0.951. The number of hydrogen-bond acceptors (Lipinski definition) is 1. The normalized spacial score (nSPS) is 33.6. The van der Waals surface area contributed by atoms with Gasteiger partial charge in [0.2, 0.25) is 0 Å². The zero-order chi connectivity index (χ0) is 6.66. The summed E-state index contributed by atoms with van der Waals surface area (Å²) in [5.41, 5.74) is 0.750. The summed E-state index contributed by atoms with van der Waals surface area (Å²) >= 11 is 0. The summed E-state index contributed by atoms with van der Waals surface area (Å²) in [7, 11) is 0. The number of ether oxygens (including phenoxy) is 1. The summed E-state index contributed by atoms with van der Waals surface area (Å²) in [5.74, 6) is 0. The quantitative estimate of drug-likeness (QED) is 0.359. The van der Waals surface area contributed by atoms with Gasteiger partial charge in [-0.25, -0.2) is 0 Å². The Bertz CT molecular complexity index is 209. The Kier molecular flexibility index (Phi) is 0.563. The van der Waals surface area contributed by atoms with Crippen molar-refractivity contribution in [3.63, 3.8) is 0 Å². The monoisotopic (exact) mass is 132 g/mol. The minimum Gasteiger partial charge on any atom is -0.361 e. The maximum absolute atomic E-state index is 4.90. The molecule has 1 nitrogen and oxygen atoms in total. The van der Waals surface area contributed by atoms with Crippen LogP contribution in [0.5, 0.6) is 0 Å². The second-order valence-corrected chi connectivity index (χ2v) is 3.24. The van der Waals surface area contributed by atoms with E-state index in [4.69, 9.17) is 4.74 Å². The average Bonchev–Trinajstić information content (AvgIpc) is 2.81. The molecule has 1 saturated heterocycles. The lowest BCUT2D eigenvalue weighted by Crippen LogP contribution is -1.74. The van der Waals surface area contributed by atoms with Crippen LogP contribution >= 0.6 is 0 Å². The molecule has 1 aliphatic heterocycles. The van der Waals surface area contributed by atoms with Crippen molar-refractivity contribution in [3.05, 3.63) is 36.5 Å². The van der Waals surface area contributed by atoms with Crippen molar-refractivity contribution in [1.82, 2.24) is 0 Å². The average molecular weight is 132 g/mol. The Morgan fingerprint density at radius 1 is 0.900 bits per heavy atom. The molecular formula is C9H8O. The zero-order valence-electron chi connectivity index (χ0n) is 5.58. The van der Waals surface area contributed by atoms with Crippen LogP contribution in [-0.4, -0.2) is 12.2 Å². The van der Waals surface area contributed by atoms with E-state index in [0.29, 0.717) is 5.41 Å². The minimum absolute atomic E-state index is 0.250. The van der Waals surface area contributed by atoms with Crippen molar-refractivity contribution < 1.29 is 4.74 Å². The number of rotatable bonds is 0. The molecule has 2 spiro atoms. The molecule has 0 aromatic carbocycles. The molecule has 4 aliphatic rings. The Labute approximate surface area is 59.7 Å². The Morgan fingerprint density at radius 3 is 1.40 bits per heavy atom. The highest BCUT2D eigenvalue weighted by Gasteiger charge is 2.48. The first-order valence-corrected chi connectivity index (χ1v) is 3.58. The molecule has 1 fully saturated rings. The molecular weight excluding hydrogens is 124 g/mol. The van der Waals surface area contributed by atoms with Crippen LogP contribution in [0.15, 0.2) is 36.5 Å². The van der Waals surface area contributed by atoms with Gasteiger partial charge in [0.25, 0.3) is 0 Å². The fourth-order valence-corrected chi connectivity index (χ4v) is 0.783. The van der Waals surface area contributed by atoms with E-state index < -0.39 is 0 Å². The minimum atomic E-state index is 0.250. The Balaban J connectivity index is 0.0000000720. The standard InChI is InChI=1S/C5H4.C4H4O/c1-2-5(1)3-4-5;1-2-4(1)3-5-4/h1-4H;1-2H,3H2. The van der Waals surface area contributed by atoms with Gasteiger partial charge in [-0.05, 0) is 12.2 Å². The molecule has 0 saturated carbocycles. The molecule has 0 unspecified atom stereocenters. The van der Waals surface area contributed by atoms with Gasteiger partial charge in [0.1, 0.15) is 5.60 Å². The lowest BCUT2D eigenvalue weighted by Gasteiger charge is -1.68. The third kappa shape index (κ3) is 0.745. The van der Waals surface area contributed by atoms with Crippen LogP contribution in [0, 0.1) is 5.41 Å². The van der Waals surface area contributed by atoms with E-state index in [1.165, 1.54) is 0 Å². The van der Waals surface area contributed by atoms with Gasteiger partial charge in [-0.3, -0.25) is 0 Å². The van der Waals surface area contributed by atoms with Crippen molar-refractivity contribution in [2.24, 2.45) is 5.41 Å². The number of hydrogen-bond donors (Lipinski definition) is 0. The molecule has 0 amide bonds. The molecule has 1 heteroatoms. The molecule has 0 aromatic rings. The fourth-order valence-electron chi connectivity index (χ4n) is 0.783. The molecule has 10 heavy (non-hydrogen) atoms. The highest BCUT2D eigenvalue weighted by Crippen LogP contribution is 2.48. The first-order chi connectivity index (χ1) is 4.83. The van der Waals surface area contributed by atoms with Crippen LogP contribution in [0.3, 0.4) is 0 Å². The first-order valence-electron chi connectivity index (χ1n) is 3.58. The van der Waals surface area contributed by atoms with E-state index in [1.54, 1.807) is 0 Å². The summed E-state index contributed by atoms with van der Waals surface area (Å²) < 4.78 is 4.90. The van der Waals surface area contributed by atoms with Gasteiger partial charge in [-0.15, -0.1) is 0 Å². The largest absolute Gasteiger partial charge is 0.361 e. The third-order valence-electron chi connectivity index (χ3n) is 2.12. The van der Waals surface area contributed by atoms with Gasteiger partial charge in [0.05, 0.1) is 6.61 Å². The summed E-state index contributed by atoms with van der Waals surface area (Å²) in [4.78, 5) is 0. The number of epoxide rings is 1. The molecule has 0 N–H and O–H groups in total. The van der Waals surface area contributed by atoms with Crippen molar-refractivity contribution in [1.29, 1.82) is 0 Å². The highest BCUT2D eigenvalue weighted by atomic mass is 16.6. The maximum Gasteiger partial charge on any atom is 0.128 e. The van der Waals surface area contributed by atoms with Gasteiger partial charge >= 0.3 is 0 Å². The molecule has 50 valence electrons. The van der Waals surface area contributed by atoms with Gasteiger partial charge in [0.15, 0.2) is 0 Å². The smallest absolute Gasteiger partial charge is 0.128 e. The molecule has 0 aromatic heterocycles. The summed E-state index contributed by atoms with van der Waals surface area (Å²) in [6.07, 6.45) is 12.9. The zero-order valence-corrected chi connectivity index (χ0v) is 5.58. The van der Waals surface area contributed by atoms with Crippen LogP contribution in [0.4, 0.5) is 0 Å². The topological polar surface area (TPSA) is 12.5 Å². The third-order valence-corrected chi connectivity index (χ3v) is 2.12. The predicted molar refractivity (Wildman–Crippen MR) is 38.5 cm³/mol. The molecule has 0 bridgehead atoms. The second-order valence-electron chi connectivity index (χ2n) is 3.24. The van der Waals surface area contributed by atoms with Gasteiger partial charge in [0, 0.05) is 5.41 Å². The lowest BCUT2D eigenvalue weighted by atomic mass is 10.3. The van der Waals surface area contributed by atoms with Crippen LogP contribution < -0.4 is 0 Å². The van der Waals surface area contributed by atoms with E-state index in [0.717, 1.165) is 6.61 Å². The van der Waals surface area contributed by atoms with Crippen LogP contribution in [0.1, 0.15) is 0 Å². The fraction of sp³-hybridized carbons (Fsp3) is 0.333. The van der Waals surface area contributed by atoms with Gasteiger partial charge in [-0.2, -0.15) is 0 Å². The van der Waals surface area contributed by atoms with Crippen LogP contribution in [-0.2, 0) is 4.74 Å².